The molecule has 9 nitrogen and oxygen atoms in total. The maximum atomic E-state index is 12.9. The van der Waals surface area contributed by atoms with Crippen molar-refractivity contribution >= 4 is 12.1 Å². The van der Waals surface area contributed by atoms with Gasteiger partial charge in [0.05, 0.1) is 20.3 Å². The molecule has 0 fully saturated rings. The van der Waals surface area contributed by atoms with E-state index in [-0.39, 0.29) is 32.7 Å². The van der Waals surface area contributed by atoms with Crippen molar-refractivity contribution in [2.24, 2.45) is 0 Å². The molecular formula is C19H31N3O6. The van der Waals surface area contributed by atoms with E-state index in [0.29, 0.717) is 0 Å². The number of methoxy groups -OCH3 is 1. The van der Waals surface area contributed by atoms with Crippen molar-refractivity contribution in [3.05, 3.63) is 35.9 Å². The SMILES string of the molecule is COC(=O)[C@@](Cc1ccccc1)(NCCO)N(NCCO)C(=O)OC(C)(C)C. The monoisotopic (exact) mass is 397 g/mol. The Morgan fingerprint density at radius 1 is 1.07 bits per heavy atom. The Hall–Kier alpha value is -2.20. The smallest absolute Gasteiger partial charge is 0.427 e. The van der Waals surface area contributed by atoms with Crippen molar-refractivity contribution in [1.29, 1.82) is 0 Å². The number of ether oxygens (including phenoxy) is 2. The topological polar surface area (TPSA) is 120 Å². The molecule has 0 aliphatic rings. The van der Waals surface area contributed by atoms with E-state index < -0.39 is 23.3 Å². The summed E-state index contributed by atoms with van der Waals surface area (Å²) in [6.07, 6.45) is -0.786. The first-order chi connectivity index (χ1) is 13.2. The Kier molecular flexibility index (Phi) is 9.33. The van der Waals surface area contributed by atoms with Crippen molar-refractivity contribution in [2.75, 3.05) is 33.4 Å². The quantitative estimate of drug-likeness (QED) is 0.255. The van der Waals surface area contributed by atoms with Crippen LogP contribution in [0.4, 0.5) is 4.79 Å². The van der Waals surface area contributed by atoms with Crippen LogP contribution in [-0.2, 0) is 20.7 Å². The molecular weight excluding hydrogens is 366 g/mol. The van der Waals surface area contributed by atoms with Gasteiger partial charge in [-0.15, -0.1) is 0 Å². The van der Waals surface area contributed by atoms with Crippen LogP contribution in [0.5, 0.6) is 0 Å². The predicted molar refractivity (Wildman–Crippen MR) is 103 cm³/mol. The highest BCUT2D eigenvalue weighted by atomic mass is 16.6. The molecule has 9 heteroatoms. The van der Waals surface area contributed by atoms with E-state index in [1.807, 2.05) is 18.2 Å². The molecule has 1 atom stereocenters. The summed E-state index contributed by atoms with van der Waals surface area (Å²) >= 11 is 0. The molecule has 0 heterocycles. The van der Waals surface area contributed by atoms with Crippen LogP contribution in [0, 0.1) is 0 Å². The van der Waals surface area contributed by atoms with Crippen LogP contribution in [0.25, 0.3) is 0 Å². The number of nitrogens with one attached hydrogen (secondary N) is 2. The van der Waals surface area contributed by atoms with E-state index in [1.165, 1.54) is 7.11 Å². The lowest BCUT2D eigenvalue weighted by Gasteiger charge is -2.42. The summed E-state index contributed by atoms with van der Waals surface area (Å²) in [5.41, 5.74) is 0.959. The third-order valence-corrected chi connectivity index (χ3v) is 3.69. The standard InChI is InChI=1S/C19H31N3O6/c1-18(2,3)28-17(26)22(21-11-13-24)19(16(25)27-4,20-10-12-23)14-15-8-6-5-7-9-15/h5-9,20-21,23-24H,10-14H2,1-4H3/t19-/m0/s1. The second kappa shape index (κ2) is 11.0. The zero-order valence-corrected chi connectivity index (χ0v) is 16.9. The molecule has 28 heavy (non-hydrogen) atoms. The second-order valence-corrected chi connectivity index (χ2v) is 7.11. The Bertz CT molecular complexity index is 620. The van der Waals surface area contributed by atoms with Crippen LogP contribution in [0.1, 0.15) is 26.3 Å². The van der Waals surface area contributed by atoms with Gasteiger partial charge in [-0.3, -0.25) is 5.32 Å². The number of esters is 1. The van der Waals surface area contributed by atoms with Crippen LogP contribution in [0.2, 0.25) is 0 Å². The van der Waals surface area contributed by atoms with Crippen LogP contribution in [-0.4, -0.2) is 72.0 Å². The Morgan fingerprint density at radius 2 is 1.68 bits per heavy atom. The minimum Gasteiger partial charge on any atom is -0.466 e. The molecule has 0 radical (unpaired) electrons. The minimum absolute atomic E-state index is 0.00637. The molecule has 1 rings (SSSR count). The Labute approximate surface area is 165 Å². The van der Waals surface area contributed by atoms with Crippen molar-refractivity contribution in [3.63, 3.8) is 0 Å². The molecule has 0 aliphatic carbocycles. The summed E-state index contributed by atoms with van der Waals surface area (Å²) in [5.74, 6) is -0.749. The number of hydrogen-bond acceptors (Lipinski definition) is 8. The van der Waals surface area contributed by atoms with Gasteiger partial charge in [-0.25, -0.2) is 20.0 Å². The first-order valence-electron chi connectivity index (χ1n) is 9.06. The third kappa shape index (κ3) is 6.75. The number of benzene rings is 1. The highest BCUT2D eigenvalue weighted by molar-refractivity contribution is 5.85. The van der Waals surface area contributed by atoms with E-state index in [0.717, 1.165) is 10.6 Å². The molecule has 0 unspecified atom stereocenters. The van der Waals surface area contributed by atoms with Crippen molar-refractivity contribution in [1.82, 2.24) is 15.8 Å². The van der Waals surface area contributed by atoms with E-state index in [4.69, 9.17) is 9.47 Å². The summed E-state index contributed by atoms with van der Waals surface area (Å²) in [7, 11) is 1.21. The number of nitrogens with zero attached hydrogens (tertiary/aromatic N) is 1. The second-order valence-electron chi connectivity index (χ2n) is 7.11. The third-order valence-electron chi connectivity index (χ3n) is 3.69. The lowest BCUT2D eigenvalue weighted by Crippen LogP contribution is -2.72. The van der Waals surface area contributed by atoms with Gasteiger partial charge in [-0.2, -0.15) is 0 Å². The van der Waals surface area contributed by atoms with Gasteiger partial charge < -0.3 is 19.7 Å². The van der Waals surface area contributed by atoms with Crippen LogP contribution in [0.15, 0.2) is 30.3 Å². The normalized spacial score (nSPS) is 13.5. The first kappa shape index (κ1) is 23.8. The molecule has 0 aromatic heterocycles. The van der Waals surface area contributed by atoms with E-state index in [9.17, 15) is 19.8 Å². The molecule has 0 saturated heterocycles. The summed E-state index contributed by atoms with van der Waals surface area (Å²) in [4.78, 5) is 25.8. The number of hydrogen-bond donors (Lipinski definition) is 4. The molecule has 0 spiro atoms. The Balaban J connectivity index is 3.44. The lowest BCUT2D eigenvalue weighted by atomic mass is 9.98. The van der Waals surface area contributed by atoms with Gasteiger partial charge in [0.15, 0.2) is 0 Å². The predicted octanol–water partition coefficient (Wildman–Crippen LogP) is 0.414. The number of carbonyl (C=O) groups is 2. The van der Waals surface area contributed by atoms with Gasteiger partial charge in [0.25, 0.3) is 0 Å². The molecule has 158 valence electrons. The van der Waals surface area contributed by atoms with E-state index in [1.54, 1.807) is 32.9 Å². The van der Waals surface area contributed by atoms with E-state index in [2.05, 4.69) is 10.7 Å². The first-order valence-corrected chi connectivity index (χ1v) is 9.06. The fourth-order valence-electron chi connectivity index (χ4n) is 2.60. The van der Waals surface area contributed by atoms with Crippen molar-refractivity contribution in [3.8, 4) is 0 Å². The molecule has 0 saturated carbocycles. The van der Waals surface area contributed by atoms with Gasteiger partial charge in [0.1, 0.15) is 5.60 Å². The molecule has 1 aromatic rings. The number of hydrazine groups is 1. The van der Waals surface area contributed by atoms with E-state index >= 15 is 0 Å². The molecule has 0 aliphatic heterocycles. The maximum absolute atomic E-state index is 12.9. The highest BCUT2D eigenvalue weighted by Gasteiger charge is 2.49. The fourth-order valence-corrected chi connectivity index (χ4v) is 2.60. The molecule has 1 aromatic carbocycles. The van der Waals surface area contributed by atoms with Crippen molar-refractivity contribution < 1.29 is 29.3 Å². The van der Waals surface area contributed by atoms with Crippen molar-refractivity contribution in [2.45, 2.75) is 38.5 Å². The van der Waals surface area contributed by atoms with Crippen LogP contribution in [0.3, 0.4) is 0 Å². The molecule has 4 N–H and O–H groups in total. The Morgan fingerprint density at radius 3 is 2.18 bits per heavy atom. The van der Waals surface area contributed by atoms with Crippen LogP contribution < -0.4 is 10.7 Å². The number of aliphatic hydroxyl groups excluding tert-OH is 2. The van der Waals surface area contributed by atoms with Crippen LogP contribution >= 0.6 is 0 Å². The number of aliphatic hydroxyl groups is 2. The highest BCUT2D eigenvalue weighted by Crippen LogP contribution is 2.22. The number of carbonyl (C=O) groups excluding carboxylic acids is 2. The van der Waals surface area contributed by atoms with Gasteiger partial charge in [-0.05, 0) is 26.3 Å². The number of rotatable bonds is 10. The van der Waals surface area contributed by atoms with Gasteiger partial charge in [0.2, 0.25) is 5.66 Å². The molecule has 0 bridgehead atoms. The van der Waals surface area contributed by atoms with Gasteiger partial charge in [0, 0.05) is 19.5 Å². The van der Waals surface area contributed by atoms with Gasteiger partial charge >= 0.3 is 12.1 Å². The zero-order chi connectivity index (χ0) is 21.2. The zero-order valence-electron chi connectivity index (χ0n) is 16.9. The maximum Gasteiger partial charge on any atom is 0.427 e. The molecule has 1 amide bonds. The summed E-state index contributed by atoms with van der Waals surface area (Å²) in [6, 6.07) is 9.06. The van der Waals surface area contributed by atoms with Gasteiger partial charge in [-0.1, -0.05) is 30.3 Å². The summed E-state index contributed by atoms with van der Waals surface area (Å²) in [6.45, 7) is 4.57. The summed E-state index contributed by atoms with van der Waals surface area (Å²) < 4.78 is 10.4. The minimum atomic E-state index is -1.71. The average Bonchev–Trinajstić information content (AvgIpc) is 2.64. The number of amides is 1. The fraction of sp³-hybridized carbons (Fsp3) is 0.579. The lowest BCUT2D eigenvalue weighted by molar-refractivity contribution is -0.161. The largest absolute Gasteiger partial charge is 0.466 e. The summed E-state index contributed by atoms with van der Waals surface area (Å²) in [5, 5.41) is 22.5. The average molecular weight is 397 g/mol.